The van der Waals surface area contributed by atoms with Crippen LogP contribution in [0.3, 0.4) is 0 Å². The van der Waals surface area contributed by atoms with Gasteiger partial charge in [-0.3, -0.25) is 0 Å². The van der Waals surface area contributed by atoms with Crippen molar-refractivity contribution in [1.82, 2.24) is 0 Å². The van der Waals surface area contributed by atoms with Crippen molar-refractivity contribution in [3.05, 3.63) is 152 Å². The molecule has 3 heteroatoms. The van der Waals surface area contributed by atoms with Crippen LogP contribution in [0.5, 0.6) is 0 Å². The molecule has 9 aromatic rings. The summed E-state index contributed by atoms with van der Waals surface area (Å²) < 4.78 is 5.26. The Balaban J connectivity index is 1.24. The summed E-state index contributed by atoms with van der Waals surface area (Å²) in [5, 5.41) is 7.80. The summed E-state index contributed by atoms with van der Waals surface area (Å²) >= 11 is 3.73. The molecule has 0 unspecified atom stereocenters. The lowest BCUT2D eigenvalue weighted by atomic mass is 10.0. The van der Waals surface area contributed by atoms with Crippen LogP contribution < -0.4 is 4.90 Å². The first-order chi connectivity index (χ1) is 21.3. The van der Waals surface area contributed by atoms with Gasteiger partial charge < -0.3 is 4.90 Å². The van der Waals surface area contributed by atoms with Gasteiger partial charge in [-0.05, 0) is 76.5 Å². The topological polar surface area (TPSA) is 3.24 Å². The van der Waals surface area contributed by atoms with Crippen LogP contribution in [0, 0.1) is 0 Å². The van der Waals surface area contributed by atoms with Gasteiger partial charge in [0.05, 0.1) is 0 Å². The highest BCUT2D eigenvalue weighted by Crippen LogP contribution is 2.43. The third kappa shape index (κ3) is 4.12. The fourth-order valence-corrected chi connectivity index (χ4v) is 8.63. The molecule has 0 bridgehead atoms. The molecule has 0 N–H and O–H groups in total. The van der Waals surface area contributed by atoms with Crippen molar-refractivity contribution in [3.8, 4) is 11.1 Å². The zero-order valence-electron chi connectivity index (χ0n) is 23.2. The zero-order chi connectivity index (χ0) is 28.3. The Hall–Kier alpha value is -4.96. The Labute approximate surface area is 257 Å². The fraction of sp³-hybridized carbons (Fsp3) is 0. The largest absolute Gasteiger partial charge is 0.310 e. The molecule has 0 saturated heterocycles. The van der Waals surface area contributed by atoms with E-state index in [-0.39, 0.29) is 0 Å². The molecule has 0 fully saturated rings. The number of thiophene rings is 2. The van der Waals surface area contributed by atoms with Gasteiger partial charge in [0.2, 0.25) is 0 Å². The molecular weight excluding hydrogens is 559 g/mol. The molecule has 0 spiro atoms. The molecule has 43 heavy (non-hydrogen) atoms. The van der Waals surface area contributed by atoms with Crippen LogP contribution >= 0.6 is 22.7 Å². The lowest BCUT2D eigenvalue weighted by Gasteiger charge is -2.26. The van der Waals surface area contributed by atoms with Crippen LogP contribution in [-0.4, -0.2) is 0 Å². The molecule has 202 valence electrons. The summed E-state index contributed by atoms with van der Waals surface area (Å²) in [4.78, 5) is 2.41. The normalized spacial score (nSPS) is 11.7. The second kappa shape index (κ2) is 9.81. The van der Waals surface area contributed by atoms with E-state index < -0.39 is 0 Å². The quantitative estimate of drug-likeness (QED) is 0.199. The van der Waals surface area contributed by atoms with Gasteiger partial charge >= 0.3 is 0 Å². The average molecular weight is 584 g/mol. The second-order valence-corrected chi connectivity index (χ2v) is 13.2. The van der Waals surface area contributed by atoms with Gasteiger partial charge in [0.1, 0.15) is 0 Å². The highest BCUT2D eigenvalue weighted by Gasteiger charge is 2.17. The van der Waals surface area contributed by atoms with Crippen molar-refractivity contribution in [2.24, 2.45) is 0 Å². The maximum Gasteiger partial charge on any atom is 0.0476 e. The Kier molecular flexibility index (Phi) is 5.62. The molecule has 7 aromatic carbocycles. The van der Waals surface area contributed by atoms with E-state index in [0.717, 1.165) is 17.1 Å². The number of hydrogen-bond acceptors (Lipinski definition) is 3. The Morgan fingerprint density at radius 3 is 1.53 bits per heavy atom. The molecular formula is C40H25NS2. The van der Waals surface area contributed by atoms with Crippen LogP contribution in [0.25, 0.3) is 62.2 Å². The number of hydrogen-bond donors (Lipinski definition) is 0. The Bertz CT molecular complexity index is 2370. The van der Waals surface area contributed by atoms with Crippen LogP contribution in [0.2, 0.25) is 0 Å². The highest BCUT2D eigenvalue weighted by molar-refractivity contribution is 7.26. The molecule has 9 rings (SSSR count). The summed E-state index contributed by atoms with van der Waals surface area (Å²) in [5.74, 6) is 0. The van der Waals surface area contributed by atoms with E-state index >= 15 is 0 Å². The van der Waals surface area contributed by atoms with E-state index in [1.54, 1.807) is 0 Å². The Morgan fingerprint density at radius 2 is 0.860 bits per heavy atom. The van der Waals surface area contributed by atoms with Gasteiger partial charge in [0.15, 0.2) is 0 Å². The molecule has 2 aromatic heterocycles. The Morgan fingerprint density at radius 1 is 0.326 bits per heavy atom. The van der Waals surface area contributed by atoms with E-state index in [0.29, 0.717) is 0 Å². The van der Waals surface area contributed by atoms with Gasteiger partial charge in [0.25, 0.3) is 0 Å². The fourth-order valence-electron chi connectivity index (χ4n) is 6.35. The van der Waals surface area contributed by atoms with E-state index in [9.17, 15) is 0 Å². The van der Waals surface area contributed by atoms with E-state index in [1.807, 2.05) is 22.7 Å². The van der Waals surface area contributed by atoms with Gasteiger partial charge in [-0.2, -0.15) is 0 Å². The lowest BCUT2D eigenvalue weighted by Crippen LogP contribution is -2.09. The third-order valence-corrected chi connectivity index (χ3v) is 10.7. The van der Waals surface area contributed by atoms with E-state index in [2.05, 4.69) is 157 Å². The monoisotopic (exact) mass is 583 g/mol. The molecule has 0 saturated carbocycles. The smallest absolute Gasteiger partial charge is 0.0476 e. The molecule has 0 radical (unpaired) electrons. The minimum Gasteiger partial charge on any atom is -0.310 e. The van der Waals surface area contributed by atoms with Gasteiger partial charge in [-0.15, -0.1) is 22.7 Å². The van der Waals surface area contributed by atoms with Crippen LogP contribution in [0.15, 0.2) is 152 Å². The number of nitrogens with zero attached hydrogens (tertiary/aromatic N) is 1. The third-order valence-electron chi connectivity index (χ3n) is 8.43. The lowest BCUT2D eigenvalue weighted by molar-refractivity contribution is 1.30. The van der Waals surface area contributed by atoms with Crippen molar-refractivity contribution >= 4 is 90.9 Å². The summed E-state index contributed by atoms with van der Waals surface area (Å²) in [7, 11) is 0. The first-order valence-electron chi connectivity index (χ1n) is 14.5. The summed E-state index contributed by atoms with van der Waals surface area (Å²) in [6.07, 6.45) is 0. The molecule has 0 aliphatic rings. The summed E-state index contributed by atoms with van der Waals surface area (Å²) in [6.45, 7) is 0. The average Bonchev–Trinajstić information content (AvgIpc) is 3.62. The SMILES string of the molecule is c1cc(-c2ccc3ccccc3c2)cc(N(c2ccc3c(c2)sc2ccccc23)c2ccc3c(c2)sc2ccccc23)c1. The standard InChI is InChI=1S/C40H25NS2/c1-2-9-27-22-29(17-16-26(27)8-1)28-10-7-11-30(23-28)41(31-18-20-35-33-12-3-5-14-37(33)42-39(35)24-31)32-19-21-36-34-13-4-6-15-38(34)43-40(36)25-32/h1-25H. The van der Waals surface area contributed by atoms with Crippen molar-refractivity contribution in [2.45, 2.75) is 0 Å². The van der Waals surface area contributed by atoms with Crippen LogP contribution in [0.1, 0.15) is 0 Å². The number of rotatable bonds is 4. The van der Waals surface area contributed by atoms with Gasteiger partial charge in [0, 0.05) is 57.4 Å². The number of benzene rings is 7. The van der Waals surface area contributed by atoms with Crippen molar-refractivity contribution in [2.75, 3.05) is 4.90 Å². The predicted octanol–water partition coefficient (Wildman–Crippen LogP) is 12.7. The maximum absolute atomic E-state index is 2.41. The maximum atomic E-state index is 2.41. The van der Waals surface area contributed by atoms with E-state index in [4.69, 9.17) is 0 Å². The van der Waals surface area contributed by atoms with Crippen molar-refractivity contribution < 1.29 is 0 Å². The minimum absolute atomic E-state index is 1.14. The first-order valence-corrected chi connectivity index (χ1v) is 16.1. The summed E-state index contributed by atoms with van der Waals surface area (Å²) in [6, 6.07) is 55.6. The van der Waals surface area contributed by atoms with Crippen molar-refractivity contribution in [1.29, 1.82) is 0 Å². The molecule has 2 heterocycles. The van der Waals surface area contributed by atoms with Gasteiger partial charge in [-0.25, -0.2) is 0 Å². The first kappa shape index (κ1) is 24.6. The van der Waals surface area contributed by atoms with Crippen LogP contribution in [-0.2, 0) is 0 Å². The molecule has 0 aliphatic carbocycles. The predicted molar refractivity (Wildman–Crippen MR) is 190 cm³/mol. The molecule has 1 nitrogen and oxygen atoms in total. The zero-order valence-corrected chi connectivity index (χ0v) is 24.8. The summed E-state index contributed by atoms with van der Waals surface area (Å²) in [5.41, 5.74) is 5.90. The molecule has 0 atom stereocenters. The number of fused-ring (bicyclic) bond motifs is 7. The number of anilines is 3. The van der Waals surface area contributed by atoms with Crippen LogP contribution in [0.4, 0.5) is 17.1 Å². The van der Waals surface area contributed by atoms with Crippen molar-refractivity contribution in [3.63, 3.8) is 0 Å². The second-order valence-electron chi connectivity index (χ2n) is 11.0. The minimum atomic E-state index is 1.14. The van der Waals surface area contributed by atoms with Gasteiger partial charge in [-0.1, -0.05) is 97.1 Å². The highest BCUT2D eigenvalue weighted by atomic mass is 32.1. The molecule has 0 aliphatic heterocycles. The molecule has 0 amide bonds. The van der Waals surface area contributed by atoms with E-state index in [1.165, 1.54) is 62.2 Å².